The summed E-state index contributed by atoms with van der Waals surface area (Å²) in [6, 6.07) is 0. The first kappa shape index (κ1) is 18.1. The third kappa shape index (κ3) is 11.9. The van der Waals surface area contributed by atoms with Crippen LogP contribution in [0.25, 0.3) is 0 Å². The lowest BCUT2D eigenvalue weighted by Crippen LogP contribution is -2.38. The number of aliphatic hydroxyl groups is 1. The van der Waals surface area contributed by atoms with Gasteiger partial charge in [-0.2, -0.15) is 0 Å². The zero-order valence-electron chi connectivity index (χ0n) is 12.4. The molecule has 0 aromatic carbocycles. The highest BCUT2D eigenvalue weighted by molar-refractivity contribution is 5.79. The Labute approximate surface area is 116 Å². The molecule has 0 aromatic heterocycles. The van der Waals surface area contributed by atoms with Crippen LogP contribution in [0.1, 0.15) is 20.3 Å². The Bertz CT molecular complexity index is 225. The summed E-state index contributed by atoms with van der Waals surface area (Å²) in [6.45, 7) is 8.40. The quantitative estimate of drug-likeness (QED) is 0.286. The highest BCUT2D eigenvalue weighted by Crippen LogP contribution is 1.92. The van der Waals surface area contributed by atoms with Crippen LogP contribution in [0.3, 0.4) is 0 Å². The maximum absolute atomic E-state index is 8.96. The first-order valence-corrected chi connectivity index (χ1v) is 6.94. The molecule has 0 aliphatic carbocycles. The number of aliphatic hydroxyl groups excluding tert-OH is 1. The van der Waals surface area contributed by atoms with E-state index in [1.165, 1.54) is 0 Å². The van der Waals surface area contributed by atoms with Crippen LogP contribution in [0.15, 0.2) is 4.99 Å². The van der Waals surface area contributed by atoms with Crippen LogP contribution in [0.5, 0.6) is 0 Å². The van der Waals surface area contributed by atoms with Gasteiger partial charge in [0.15, 0.2) is 5.96 Å². The Morgan fingerprint density at radius 1 is 1.26 bits per heavy atom. The topological polar surface area (TPSA) is 75.1 Å². The average Bonchev–Trinajstić information content (AvgIpc) is 2.43. The molecule has 0 aliphatic heterocycles. The summed E-state index contributed by atoms with van der Waals surface area (Å²) in [5.41, 5.74) is 0. The maximum Gasteiger partial charge on any atom is 0.191 e. The minimum atomic E-state index is 0.163. The van der Waals surface area contributed by atoms with Crippen molar-refractivity contribution in [3.63, 3.8) is 0 Å². The molecule has 0 heterocycles. The van der Waals surface area contributed by atoms with Gasteiger partial charge in [0.2, 0.25) is 0 Å². The predicted molar refractivity (Wildman–Crippen MR) is 77.5 cm³/mol. The molecule has 114 valence electrons. The summed E-state index contributed by atoms with van der Waals surface area (Å²) in [4.78, 5) is 4.41. The number of hydrogen-bond donors (Lipinski definition) is 3. The fourth-order valence-electron chi connectivity index (χ4n) is 1.27. The molecule has 0 aliphatic rings. The molecule has 6 nitrogen and oxygen atoms in total. The molecule has 0 fully saturated rings. The number of guanidine groups is 1. The van der Waals surface area contributed by atoms with Gasteiger partial charge in [-0.25, -0.2) is 0 Å². The fraction of sp³-hybridized carbons (Fsp3) is 0.923. The second-order valence-corrected chi connectivity index (χ2v) is 4.39. The molecule has 0 amide bonds. The number of hydrogen-bond acceptors (Lipinski definition) is 4. The van der Waals surface area contributed by atoms with Crippen molar-refractivity contribution in [2.75, 3.05) is 53.2 Å². The monoisotopic (exact) mass is 275 g/mol. The first-order chi connectivity index (χ1) is 9.24. The van der Waals surface area contributed by atoms with Crippen molar-refractivity contribution in [3.8, 4) is 0 Å². The maximum atomic E-state index is 8.96. The van der Waals surface area contributed by atoms with E-state index in [-0.39, 0.29) is 12.5 Å². The second-order valence-electron chi connectivity index (χ2n) is 4.39. The van der Waals surface area contributed by atoms with Crippen LogP contribution in [0.4, 0.5) is 0 Å². The van der Waals surface area contributed by atoms with E-state index in [0.29, 0.717) is 26.4 Å². The van der Waals surface area contributed by atoms with Crippen molar-refractivity contribution < 1.29 is 14.6 Å². The van der Waals surface area contributed by atoms with E-state index in [1.54, 1.807) is 7.11 Å². The highest BCUT2D eigenvalue weighted by atomic mass is 16.5. The molecule has 6 heteroatoms. The molecule has 19 heavy (non-hydrogen) atoms. The SMILES string of the molecule is CCNC(=NCC(C)CO)NCCCOCCOC. The first-order valence-electron chi connectivity index (χ1n) is 6.94. The largest absolute Gasteiger partial charge is 0.396 e. The molecule has 0 spiro atoms. The van der Waals surface area contributed by atoms with E-state index in [4.69, 9.17) is 14.6 Å². The van der Waals surface area contributed by atoms with Crippen LogP contribution in [0.2, 0.25) is 0 Å². The van der Waals surface area contributed by atoms with E-state index >= 15 is 0 Å². The Balaban J connectivity index is 3.69. The van der Waals surface area contributed by atoms with E-state index in [1.807, 2.05) is 13.8 Å². The summed E-state index contributed by atoms with van der Waals surface area (Å²) < 4.78 is 10.3. The number of rotatable bonds is 11. The molecule has 0 saturated carbocycles. The second kappa shape index (κ2) is 13.6. The summed E-state index contributed by atoms with van der Waals surface area (Å²) in [5, 5.41) is 15.4. The molecular formula is C13H29N3O3. The standard InChI is InChI=1S/C13H29N3O3/c1-4-14-13(16-10-12(2)11-17)15-6-5-7-19-9-8-18-3/h12,17H,4-11H2,1-3H3,(H2,14,15,16). The van der Waals surface area contributed by atoms with Gasteiger partial charge in [0.05, 0.1) is 13.2 Å². The minimum Gasteiger partial charge on any atom is -0.396 e. The smallest absolute Gasteiger partial charge is 0.191 e. The molecule has 0 radical (unpaired) electrons. The number of nitrogens with zero attached hydrogens (tertiary/aromatic N) is 1. The third-order valence-electron chi connectivity index (χ3n) is 2.41. The van der Waals surface area contributed by atoms with Crippen LogP contribution < -0.4 is 10.6 Å². The van der Waals surface area contributed by atoms with Gasteiger partial charge in [0, 0.05) is 40.0 Å². The molecule has 3 N–H and O–H groups in total. The Hall–Kier alpha value is -0.850. The van der Waals surface area contributed by atoms with Gasteiger partial charge < -0.3 is 25.2 Å². The zero-order chi connectivity index (χ0) is 14.3. The van der Waals surface area contributed by atoms with E-state index in [2.05, 4.69) is 15.6 Å². The number of methoxy groups -OCH3 is 1. The summed E-state index contributed by atoms with van der Waals surface area (Å²) >= 11 is 0. The van der Waals surface area contributed by atoms with E-state index < -0.39 is 0 Å². The summed E-state index contributed by atoms with van der Waals surface area (Å²) in [7, 11) is 1.66. The molecule has 0 aromatic rings. The lowest BCUT2D eigenvalue weighted by Gasteiger charge is -2.12. The van der Waals surface area contributed by atoms with Gasteiger partial charge in [-0.15, -0.1) is 0 Å². The normalized spacial score (nSPS) is 13.4. The zero-order valence-corrected chi connectivity index (χ0v) is 12.4. The highest BCUT2D eigenvalue weighted by Gasteiger charge is 2.00. The Morgan fingerprint density at radius 2 is 2.05 bits per heavy atom. The van der Waals surface area contributed by atoms with E-state index in [0.717, 1.165) is 25.5 Å². The number of aliphatic imine (C=N–C) groups is 1. The summed E-state index contributed by atoms with van der Waals surface area (Å²) in [5.74, 6) is 0.979. The lowest BCUT2D eigenvalue weighted by atomic mass is 10.2. The van der Waals surface area contributed by atoms with Crippen LogP contribution in [0, 0.1) is 5.92 Å². The van der Waals surface area contributed by atoms with Gasteiger partial charge in [-0.3, -0.25) is 4.99 Å². The third-order valence-corrected chi connectivity index (χ3v) is 2.41. The van der Waals surface area contributed by atoms with Crippen molar-refractivity contribution in [3.05, 3.63) is 0 Å². The van der Waals surface area contributed by atoms with Crippen molar-refractivity contribution >= 4 is 5.96 Å². The number of ether oxygens (including phenoxy) is 2. The van der Waals surface area contributed by atoms with Gasteiger partial charge in [-0.05, 0) is 19.3 Å². The van der Waals surface area contributed by atoms with Gasteiger partial charge in [0.25, 0.3) is 0 Å². The molecule has 0 rings (SSSR count). The van der Waals surface area contributed by atoms with Crippen molar-refractivity contribution in [1.29, 1.82) is 0 Å². The number of nitrogens with one attached hydrogen (secondary N) is 2. The van der Waals surface area contributed by atoms with Gasteiger partial charge in [0.1, 0.15) is 0 Å². The van der Waals surface area contributed by atoms with Crippen molar-refractivity contribution in [2.45, 2.75) is 20.3 Å². The van der Waals surface area contributed by atoms with Crippen LogP contribution in [-0.4, -0.2) is 64.2 Å². The van der Waals surface area contributed by atoms with Gasteiger partial charge in [-0.1, -0.05) is 6.92 Å². The molecule has 0 bridgehead atoms. The molecular weight excluding hydrogens is 246 g/mol. The Morgan fingerprint density at radius 3 is 2.68 bits per heavy atom. The van der Waals surface area contributed by atoms with Gasteiger partial charge >= 0.3 is 0 Å². The lowest BCUT2D eigenvalue weighted by molar-refractivity contribution is 0.0698. The van der Waals surface area contributed by atoms with E-state index in [9.17, 15) is 0 Å². The van der Waals surface area contributed by atoms with Crippen molar-refractivity contribution in [1.82, 2.24) is 10.6 Å². The minimum absolute atomic E-state index is 0.163. The average molecular weight is 275 g/mol. The van der Waals surface area contributed by atoms with Crippen molar-refractivity contribution in [2.24, 2.45) is 10.9 Å². The molecule has 1 unspecified atom stereocenters. The van der Waals surface area contributed by atoms with Crippen LogP contribution in [-0.2, 0) is 9.47 Å². The molecule has 1 atom stereocenters. The molecule has 0 saturated heterocycles. The summed E-state index contributed by atoms with van der Waals surface area (Å²) in [6.07, 6.45) is 0.920. The van der Waals surface area contributed by atoms with Crippen LogP contribution >= 0.6 is 0 Å². The fourth-order valence-corrected chi connectivity index (χ4v) is 1.27. The predicted octanol–water partition coefficient (Wildman–Crippen LogP) is 0.223. The Kier molecular flexibility index (Phi) is 13.0.